The Labute approximate surface area is 154 Å². The van der Waals surface area contributed by atoms with Gasteiger partial charge in [-0.2, -0.15) is 18.4 Å². The van der Waals surface area contributed by atoms with Crippen LogP contribution in [-0.2, 0) is 10.0 Å². The fourth-order valence-corrected chi connectivity index (χ4v) is 3.69. The Balaban J connectivity index is 2.36. The van der Waals surface area contributed by atoms with Crippen LogP contribution in [0.3, 0.4) is 0 Å². The van der Waals surface area contributed by atoms with E-state index in [1.165, 1.54) is 0 Å². The van der Waals surface area contributed by atoms with Gasteiger partial charge in [-0.05, 0) is 55.7 Å². The summed E-state index contributed by atoms with van der Waals surface area (Å²) in [7, 11) is -0.639. The molecule has 0 aliphatic carbocycles. The zero-order valence-corrected chi connectivity index (χ0v) is 16.5. The van der Waals surface area contributed by atoms with Gasteiger partial charge in [-0.15, -0.1) is 0 Å². The maximum Gasteiger partial charge on any atom is 0.276 e. The highest BCUT2D eigenvalue weighted by molar-refractivity contribution is 7.89. The molecule has 0 atom stereocenters. The molecule has 0 aromatic heterocycles. The number of rotatable bonds is 7. The standard InChI is InChI=1S/C19H24N2O4S/c1-6-16(15-9-10-17(24-4)18(12-15)25-5)20-21-26(22,23)19-11-13(2)7-8-14(19)3/h7-12,21H,6H2,1-5H3/b20-16+. The molecule has 2 rings (SSSR count). The third kappa shape index (κ3) is 4.35. The molecule has 2 aromatic rings. The first kappa shape index (κ1) is 19.8. The molecular formula is C19H24N2O4S. The molecular weight excluding hydrogens is 352 g/mol. The van der Waals surface area contributed by atoms with Crippen molar-refractivity contribution in [1.29, 1.82) is 0 Å². The van der Waals surface area contributed by atoms with Gasteiger partial charge in [-0.1, -0.05) is 19.1 Å². The van der Waals surface area contributed by atoms with Crippen molar-refractivity contribution in [1.82, 2.24) is 4.83 Å². The Morgan fingerprint density at radius 2 is 1.73 bits per heavy atom. The molecule has 0 aliphatic heterocycles. The first-order valence-corrected chi connectivity index (χ1v) is 9.68. The van der Waals surface area contributed by atoms with Gasteiger partial charge < -0.3 is 9.47 Å². The fourth-order valence-electron chi connectivity index (χ4n) is 2.52. The highest BCUT2D eigenvalue weighted by Gasteiger charge is 2.17. The minimum atomic E-state index is -3.75. The van der Waals surface area contributed by atoms with Gasteiger partial charge in [0.1, 0.15) is 0 Å². The Bertz CT molecular complexity index is 921. The molecule has 0 aliphatic rings. The van der Waals surface area contributed by atoms with Gasteiger partial charge in [0.05, 0.1) is 24.8 Å². The maximum absolute atomic E-state index is 12.6. The largest absolute Gasteiger partial charge is 0.493 e. The van der Waals surface area contributed by atoms with Gasteiger partial charge in [-0.3, -0.25) is 0 Å². The van der Waals surface area contributed by atoms with Crippen LogP contribution in [0.5, 0.6) is 11.5 Å². The molecule has 6 nitrogen and oxygen atoms in total. The lowest BCUT2D eigenvalue weighted by molar-refractivity contribution is 0.355. The van der Waals surface area contributed by atoms with Crippen molar-refractivity contribution in [2.45, 2.75) is 32.1 Å². The second-order valence-corrected chi connectivity index (χ2v) is 7.47. The summed E-state index contributed by atoms with van der Waals surface area (Å²) in [5.41, 5.74) is 2.90. The van der Waals surface area contributed by atoms with Gasteiger partial charge in [0.25, 0.3) is 10.0 Å². The number of hydrazone groups is 1. The molecule has 0 radical (unpaired) electrons. The number of ether oxygens (including phenoxy) is 2. The molecule has 0 unspecified atom stereocenters. The molecule has 0 saturated heterocycles. The molecule has 0 spiro atoms. The lowest BCUT2D eigenvalue weighted by Gasteiger charge is -2.12. The summed E-state index contributed by atoms with van der Waals surface area (Å²) in [6.07, 6.45) is 0.546. The number of nitrogens with one attached hydrogen (secondary N) is 1. The van der Waals surface area contributed by atoms with Gasteiger partial charge in [0.2, 0.25) is 0 Å². The molecule has 7 heteroatoms. The SMILES string of the molecule is CC/C(=N\NS(=O)(=O)c1cc(C)ccc1C)c1ccc(OC)c(OC)c1. The monoisotopic (exact) mass is 376 g/mol. The van der Waals surface area contributed by atoms with E-state index < -0.39 is 10.0 Å². The van der Waals surface area contributed by atoms with Crippen LogP contribution in [0.4, 0.5) is 0 Å². The zero-order chi connectivity index (χ0) is 19.3. The fraction of sp³-hybridized carbons (Fsp3) is 0.316. The zero-order valence-electron chi connectivity index (χ0n) is 15.7. The third-order valence-electron chi connectivity index (χ3n) is 3.99. The number of nitrogens with zero attached hydrogens (tertiary/aromatic N) is 1. The lowest BCUT2D eigenvalue weighted by atomic mass is 10.1. The molecule has 0 amide bonds. The van der Waals surface area contributed by atoms with Crippen LogP contribution in [0.15, 0.2) is 46.4 Å². The number of hydrogen-bond acceptors (Lipinski definition) is 5. The lowest BCUT2D eigenvalue weighted by Crippen LogP contribution is -2.21. The van der Waals surface area contributed by atoms with Crippen LogP contribution < -0.4 is 14.3 Å². The number of benzene rings is 2. The highest BCUT2D eigenvalue weighted by atomic mass is 32.2. The van der Waals surface area contributed by atoms with E-state index in [0.717, 1.165) is 11.1 Å². The Morgan fingerprint density at radius 3 is 2.35 bits per heavy atom. The number of hydrogen-bond donors (Lipinski definition) is 1. The van der Waals surface area contributed by atoms with E-state index in [1.807, 2.05) is 26.0 Å². The van der Waals surface area contributed by atoms with Crippen LogP contribution in [0.25, 0.3) is 0 Å². The first-order valence-electron chi connectivity index (χ1n) is 8.20. The van der Waals surface area contributed by atoms with E-state index in [2.05, 4.69) is 9.93 Å². The van der Waals surface area contributed by atoms with Gasteiger partial charge in [-0.25, -0.2) is 0 Å². The molecule has 26 heavy (non-hydrogen) atoms. The van der Waals surface area contributed by atoms with Crippen molar-refractivity contribution in [2.75, 3.05) is 14.2 Å². The summed E-state index contributed by atoms with van der Waals surface area (Å²) in [6.45, 7) is 5.51. The minimum absolute atomic E-state index is 0.226. The summed E-state index contributed by atoms with van der Waals surface area (Å²) in [6, 6.07) is 10.6. The summed E-state index contributed by atoms with van der Waals surface area (Å²) in [5.74, 6) is 1.16. The average Bonchev–Trinajstić information content (AvgIpc) is 2.63. The van der Waals surface area contributed by atoms with E-state index in [0.29, 0.717) is 29.2 Å². The summed E-state index contributed by atoms with van der Waals surface area (Å²) >= 11 is 0. The Hall–Kier alpha value is -2.54. The van der Waals surface area contributed by atoms with Gasteiger partial charge in [0, 0.05) is 5.56 Å². The van der Waals surface area contributed by atoms with E-state index in [-0.39, 0.29) is 4.90 Å². The van der Waals surface area contributed by atoms with Crippen molar-refractivity contribution in [3.63, 3.8) is 0 Å². The highest BCUT2D eigenvalue weighted by Crippen LogP contribution is 2.28. The summed E-state index contributed by atoms with van der Waals surface area (Å²) in [5, 5.41) is 4.14. The quantitative estimate of drug-likeness (QED) is 0.593. The third-order valence-corrected chi connectivity index (χ3v) is 5.34. The number of sulfonamides is 1. The van der Waals surface area contributed by atoms with E-state index in [1.54, 1.807) is 45.4 Å². The smallest absolute Gasteiger partial charge is 0.276 e. The molecule has 0 saturated carbocycles. The van der Waals surface area contributed by atoms with Gasteiger partial charge >= 0.3 is 0 Å². The topological polar surface area (TPSA) is 77.0 Å². The van der Waals surface area contributed by atoms with E-state index >= 15 is 0 Å². The summed E-state index contributed by atoms with van der Waals surface area (Å²) < 4.78 is 35.8. The first-order chi connectivity index (χ1) is 12.3. The van der Waals surface area contributed by atoms with Crippen LogP contribution >= 0.6 is 0 Å². The summed E-state index contributed by atoms with van der Waals surface area (Å²) in [4.78, 5) is 2.57. The molecule has 2 aromatic carbocycles. The van der Waals surface area contributed by atoms with Crippen LogP contribution in [0, 0.1) is 13.8 Å². The molecule has 1 N–H and O–H groups in total. The maximum atomic E-state index is 12.6. The van der Waals surface area contributed by atoms with E-state index in [9.17, 15) is 8.42 Å². The molecule has 0 fully saturated rings. The van der Waals surface area contributed by atoms with Crippen molar-refractivity contribution in [3.05, 3.63) is 53.1 Å². The van der Waals surface area contributed by atoms with Crippen molar-refractivity contribution < 1.29 is 17.9 Å². The van der Waals surface area contributed by atoms with Crippen LogP contribution in [0.1, 0.15) is 30.0 Å². The number of aryl methyl sites for hydroxylation is 2. The molecule has 0 bridgehead atoms. The normalized spacial score (nSPS) is 12.0. The van der Waals surface area contributed by atoms with Crippen molar-refractivity contribution in [2.24, 2.45) is 5.10 Å². The number of methoxy groups -OCH3 is 2. The average molecular weight is 376 g/mol. The van der Waals surface area contributed by atoms with Gasteiger partial charge in [0.15, 0.2) is 11.5 Å². The van der Waals surface area contributed by atoms with Crippen LogP contribution in [-0.4, -0.2) is 28.3 Å². The van der Waals surface area contributed by atoms with Crippen molar-refractivity contribution >= 4 is 15.7 Å². The molecule has 0 heterocycles. The molecule has 140 valence electrons. The van der Waals surface area contributed by atoms with Crippen LogP contribution in [0.2, 0.25) is 0 Å². The predicted octanol–water partition coefficient (Wildman–Crippen LogP) is 3.41. The minimum Gasteiger partial charge on any atom is -0.493 e. The van der Waals surface area contributed by atoms with Crippen molar-refractivity contribution in [3.8, 4) is 11.5 Å². The Kier molecular flexibility index (Phi) is 6.26. The predicted molar refractivity (Wildman–Crippen MR) is 103 cm³/mol. The second kappa shape index (κ2) is 8.23. The van der Waals surface area contributed by atoms with E-state index in [4.69, 9.17) is 9.47 Å². The Morgan fingerprint density at radius 1 is 1.04 bits per heavy atom. The second-order valence-electron chi connectivity index (χ2n) is 5.85.